The second kappa shape index (κ2) is 5.50. The number of nitrogens with zero attached hydrogens (tertiary/aromatic N) is 2. The molecule has 100 valence electrons. The lowest BCUT2D eigenvalue weighted by atomic mass is 9.86. The maximum Gasteiger partial charge on any atom is 0.270 e. The first kappa shape index (κ1) is 13.1. The van der Waals surface area contributed by atoms with Crippen LogP contribution in [0.25, 0.3) is 0 Å². The van der Waals surface area contributed by atoms with Crippen LogP contribution in [0.1, 0.15) is 45.4 Å². The van der Waals surface area contributed by atoms with Gasteiger partial charge in [-0.25, -0.2) is 5.43 Å². The second-order valence-electron chi connectivity index (χ2n) is 5.42. The van der Waals surface area contributed by atoms with E-state index in [1.807, 2.05) is 11.9 Å². The van der Waals surface area contributed by atoms with Crippen LogP contribution in [0.5, 0.6) is 0 Å². The molecule has 0 saturated heterocycles. The molecule has 0 unspecified atom stereocenters. The van der Waals surface area contributed by atoms with Crippen molar-refractivity contribution in [3.8, 4) is 0 Å². The standard InChI is InChI=1S/C13H21N3O2/c1-9-3-5-10(6-4-9)16(2)13(18)11-7-8-12(17)15-14-11/h9-10H,3-8H2,1-2H3,(H,15,17). The van der Waals surface area contributed by atoms with Gasteiger partial charge in [-0.2, -0.15) is 5.10 Å². The Bertz CT molecular complexity index is 370. The van der Waals surface area contributed by atoms with Crippen LogP contribution in [-0.4, -0.2) is 35.5 Å². The molecule has 0 aromatic heterocycles. The van der Waals surface area contributed by atoms with E-state index in [-0.39, 0.29) is 11.8 Å². The molecule has 1 fully saturated rings. The van der Waals surface area contributed by atoms with Gasteiger partial charge < -0.3 is 4.90 Å². The van der Waals surface area contributed by atoms with Crippen molar-refractivity contribution in [2.45, 2.75) is 51.5 Å². The maximum absolute atomic E-state index is 12.2. The lowest BCUT2D eigenvalue weighted by molar-refractivity contribution is -0.126. The number of amides is 2. The zero-order valence-electron chi connectivity index (χ0n) is 11.1. The van der Waals surface area contributed by atoms with Crippen LogP contribution in [0.15, 0.2) is 5.10 Å². The van der Waals surface area contributed by atoms with Crippen LogP contribution in [-0.2, 0) is 9.59 Å². The molecule has 2 rings (SSSR count). The molecule has 18 heavy (non-hydrogen) atoms. The third-order valence-corrected chi connectivity index (χ3v) is 4.00. The average molecular weight is 251 g/mol. The second-order valence-corrected chi connectivity index (χ2v) is 5.42. The minimum Gasteiger partial charge on any atom is -0.338 e. The molecule has 0 aromatic rings. The van der Waals surface area contributed by atoms with E-state index in [0.29, 0.717) is 24.6 Å². The lowest BCUT2D eigenvalue weighted by Crippen LogP contribution is -2.44. The third-order valence-electron chi connectivity index (χ3n) is 4.00. The first-order valence-corrected chi connectivity index (χ1v) is 6.70. The highest BCUT2D eigenvalue weighted by molar-refractivity contribution is 6.39. The molecule has 0 aromatic carbocycles. The van der Waals surface area contributed by atoms with Gasteiger partial charge in [-0.15, -0.1) is 0 Å². The quantitative estimate of drug-likeness (QED) is 0.804. The summed E-state index contributed by atoms with van der Waals surface area (Å²) < 4.78 is 0. The highest BCUT2D eigenvalue weighted by Gasteiger charge is 2.28. The van der Waals surface area contributed by atoms with Gasteiger partial charge in [0.2, 0.25) is 5.91 Å². The molecule has 0 spiro atoms. The summed E-state index contributed by atoms with van der Waals surface area (Å²) in [6.45, 7) is 2.26. The van der Waals surface area contributed by atoms with Crippen molar-refractivity contribution in [2.24, 2.45) is 11.0 Å². The first-order chi connectivity index (χ1) is 8.58. The van der Waals surface area contributed by atoms with Crippen molar-refractivity contribution in [2.75, 3.05) is 7.05 Å². The Balaban J connectivity index is 1.94. The Morgan fingerprint density at radius 3 is 2.50 bits per heavy atom. The summed E-state index contributed by atoms with van der Waals surface area (Å²) in [5, 5.41) is 3.87. The van der Waals surface area contributed by atoms with Crippen molar-refractivity contribution in [1.29, 1.82) is 0 Å². The number of nitrogens with one attached hydrogen (secondary N) is 1. The summed E-state index contributed by atoms with van der Waals surface area (Å²) in [5.74, 6) is 0.631. The number of hydrogen-bond acceptors (Lipinski definition) is 3. The molecule has 2 amide bonds. The van der Waals surface area contributed by atoms with Gasteiger partial charge in [0.15, 0.2) is 0 Å². The van der Waals surface area contributed by atoms with Gasteiger partial charge in [0.25, 0.3) is 5.91 Å². The minimum absolute atomic E-state index is 0.0328. The number of carbonyl (C=O) groups is 2. The average Bonchev–Trinajstić information content (AvgIpc) is 2.39. The fourth-order valence-electron chi connectivity index (χ4n) is 2.63. The number of carbonyl (C=O) groups excluding carboxylic acids is 2. The maximum atomic E-state index is 12.2. The molecule has 1 aliphatic heterocycles. The molecular weight excluding hydrogens is 230 g/mol. The van der Waals surface area contributed by atoms with Gasteiger partial charge in [0.05, 0.1) is 0 Å². The van der Waals surface area contributed by atoms with Crippen molar-refractivity contribution < 1.29 is 9.59 Å². The zero-order chi connectivity index (χ0) is 13.1. The summed E-state index contributed by atoms with van der Waals surface area (Å²) in [6, 6.07) is 0.328. The van der Waals surface area contributed by atoms with Gasteiger partial charge in [-0.1, -0.05) is 6.92 Å². The van der Waals surface area contributed by atoms with Crippen LogP contribution < -0.4 is 5.43 Å². The zero-order valence-corrected chi connectivity index (χ0v) is 11.1. The van der Waals surface area contributed by atoms with E-state index < -0.39 is 0 Å². The van der Waals surface area contributed by atoms with E-state index in [0.717, 1.165) is 18.8 Å². The predicted octanol–water partition coefficient (Wildman–Crippen LogP) is 1.29. The van der Waals surface area contributed by atoms with Crippen LogP contribution >= 0.6 is 0 Å². The van der Waals surface area contributed by atoms with E-state index in [1.165, 1.54) is 12.8 Å². The van der Waals surface area contributed by atoms with Crippen LogP contribution in [0.2, 0.25) is 0 Å². The molecule has 1 heterocycles. The Morgan fingerprint density at radius 1 is 1.28 bits per heavy atom. The summed E-state index contributed by atoms with van der Waals surface area (Å²) in [7, 11) is 1.85. The minimum atomic E-state index is -0.110. The van der Waals surface area contributed by atoms with Crippen molar-refractivity contribution >= 4 is 17.5 Å². The summed E-state index contributed by atoms with van der Waals surface area (Å²) in [4.78, 5) is 25.0. The monoisotopic (exact) mass is 251 g/mol. The third kappa shape index (κ3) is 2.89. The molecule has 0 radical (unpaired) electrons. The molecule has 0 bridgehead atoms. The molecule has 0 atom stereocenters. The van der Waals surface area contributed by atoms with Crippen LogP contribution in [0, 0.1) is 5.92 Å². The molecular formula is C13H21N3O2. The highest BCUT2D eigenvalue weighted by atomic mass is 16.2. The summed E-state index contributed by atoms with van der Waals surface area (Å²) in [6.07, 6.45) is 5.33. The van der Waals surface area contributed by atoms with E-state index in [2.05, 4.69) is 17.5 Å². The predicted molar refractivity (Wildman–Crippen MR) is 69.0 cm³/mol. The Morgan fingerprint density at radius 2 is 1.94 bits per heavy atom. The smallest absolute Gasteiger partial charge is 0.270 e. The molecule has 2 aliphatic rings. The first-order valence-electron chi connectivity index (χ1n) is 6.70. The van der Waals surface area contributed by atoms with E-state index in [9.17, 15) is 9.59 Å². The number of hydrazone groups is 1. The fraction of sp³-hybridized carbons (Fsp3) is 0.769. The van der Waals surface area contributed by atoms with Crippen LogP contribution in [0.4, 0.5) is 0 Å². The molecule has 5 nitrogen and oxygen atoms in total. The van der Waals surface area contributed by atoms with Gasteiger partial charge in [-0.3, -0.25) is 9.59 Å². The SMILES string of the molecule is CC1CCC(N(C)C(=O)C2=NNC(=O)CC2)CC1. The summed E-state index contributed by atoms with van der Waals surface area (Å²) in [5.41, 5.74) is 2.86. The van der Waals surface area contributed by atoms with E-state index in [1.54, 1.807) is 0 Å². The van der Waals surface area contributed by atoms with Gasteiger partial charge in [0.1, 0.15) is 5.71 Å². The molecule has 1 aliphatic carbocycles. The number of hydrogen-bond donors (Lipinski definition) is 1. The van der Waals surface area contributed by atoms with Gasteiger partial charge >= 0.3 is 0 Å². The summed E-state index contributed by atoms with van der Waals surface area (Å²) >= 11 is 0. The molecule has 1 saturated carbocycles. The Kier molecular flexibility index (Phi) is 3.99. The normalized spacial score (nSPS) is 28.3. The van der Waals surface area contributed by atoms with Crippen molar-refractivity contribution in [3.63, 3.8) is 0 Å². The Labute approximate surface area is 108 Å². The molecule has 5 heteroatoms. The highest BCUT2D eigenvalue weighted by Crippen LogP contribution is 2.26. The Hall–Kier alpha value is -1.39. The van der Waals surface area contributed by atoms with Crippen LogP contribution in [0.3, 0.4) is 0 Å². The largest absolute Gasteiger partial charge is 0.338 e. The molecule has 1 N–H and O–H groups in total. The number of rotatable bonds is 2. The van der Waals surface area contributed by atoms with E-state index in [4.69, 9.17) is 0 Å². The van der Waals surface area contributed by atoms with E-state index >= 15 is 0 Å². The topological polar surface area (TPSA) is 61.8 Å². The lowest BCUT2D eigenvalue weighted by Gasteiger charge is -2.34. The van der Waals surface area contributed by atoms with Crippen molar-refractivity contribution in [1.82, 2.24) is 10.3 Å². The van der Waals surface area contributed by atoms with Crippen molar-refractivity contribution in [3.05, 3.63) is 0 Å². The van der Waals surface area contributed by atoms with Gasteiger partial charge in [0, 0.05) is 25.9 Å². The van der Waals surface area contributed by atoms with Gasteiger partial charge in [-0.05, 0) is 31.6 Å². The fourth-order valence-corrected chi connectivity index (χ4v) is 2.63.